The predicted octanol–water partition coefficient (Wildman–Crippen LogP) is 4.11. The molecule has 0 spiro atoms. The lowest BCUT2D eigenvalue weighted by Crippen LogP contribution is -1.99. The van der Waals surface area contributed by atoms with Crippen LogP contribution in [0.5, 0.6) is 5.75 Å². The molecular weight excluding hydrogens is 267 g/mol. The van der Waals surface area contributed by atoms with E-state index in [0.29, 0.717) is 17.4 Å². The summed E-state index contributed by atoms with van der Waals surface area (Å²) in [6.07, 6.45) is -0.832. The first-order chi connectivity index (χ1) is 9.06. The molecule has 0 radical (unpaired) electrons. The third kappa shape index (κ3) is 3.69. The average molecular weight is 281 g/mol. The second-order valence-corrected chi connectivity index (χ2v) is 4.71. The van der Waals surface area contributed by atoms with Crippen LogP contribution in [-0.4, -0.2) is 5.11 Å². The van der Waals surface area contributed by atoms with Crippen LogP contribution in [-0.2, 0) is 6.61 Å². The molecule has 2 aromatic carbocycles. The summed E-state index contributed by atoms with van der Waals surface area (Å²) in [5.74, 6) is -0.0551. The summed E-state index contributed by atoms with van der Waals surface area (Å²) in [5, 5.41) is 9.97. The Bertz CT molecular complexity index is 570. The summed E-state index contributed by atoms with van der Waals surface area (Å²) in [7, 11) is 0. The van der Waals surface area contributed by atoms with Crippen molar-refractivity contribution in [1.29, 1.82) is 0 Å². The van der Waals surface area contributed by atoms with Crippen LogP contribution < -0.4 is 4.74 Å². The van der Waals surface area contributed by atoms with Crippen molar-refractivity contribution >= 4 is 11.6 Å². The molecule has 2 rings (SSSR count). The van der Waals surface area contributed by atoms with E-state index in [9.17, 15) is 9.50 Å². The quantitative estimate of drug-likeness (QED) is 0.913. The lowest BCUT2D eigenvalue weighted by molar-refractivity contribution is 0.194. The molecule has 1 atom stereocenters. The van der Waals surface area contributed by atoms with Gasteiger partial charge < -0.3 is 9.84 Å². The van der Waals surface area contributed by atoms with E-state index < -0.39 is 11.9 Å². The van der Waals surface area contributed by atoms with Crippen LogP contribution in [0.3, 0.4) is 0 Å². The summed E-state index contributed by atoms with van der Waals surface area (Å²) in [6.45, 7) is 1.83. The monoisotopic (exact) mass is 280 g/mol. The van der Waals surface area contributed by atoms with Crippen molar-refractivity contribution in [3.05, 3.63) is 64.4 Å². The van der Waals surface area contributed by atoms with E-state index in [0.717, 1.165) is 5.56 Å². The van der Waals surface area contributed by atoms with Gasteiger partial charge >= 0.3 is 0 Å². The Hall–Kier alpha value is -1.58. The van der Waals surface area contributed by atoms with Gasteiger partial charge in [0.05, 0.1) is 6.10 Å². The number of ether oxygens (including phenoxy) is 1. The van der Waals surface area contributed by atoms with Crippen LogP contribution >= 0.6 is 11.6 Å². The molecule has 19 heavy (non-hydrogen) atoms. The summed E-state index contributed by atoms with van der Waals surface area (Å²) in [4.78, 5) is 0. The van der Waals surface area contributed by atoms with Gasteiger partial charge in [0.25, 0.3) is 0 Å². The Morgan fingerprint density at radius 1 is 1.26 bits per heavy atom. The zero-order valence-corrected chi connectivity index (χ0v) is 11.2. The Morgan fingerprint density at radius 2 is 2.05 bits per heavy atom. The first kappa shape index (κ1) is 13.8. The number of aliphatic hydroxyl groups is 1. The molecule has 0 aliphatic rings. The third-order valence-corrected chi connectivity index (χ3v) is 2.95. The van der Waals surface area contributed by atoms with E-state index >= 15 is 0 Å². The van der Waals surface area contributed by atoms with E-state index in [1.807, 2.05) is 12.1 Å². The molecule has 0 unspecified atom stereocenters. The van der Waals surface area contributed by atoms with Crippen LogP contribution in [0, 0.1) is 5.82 Å². The highest BCUT2D eigenvalue weighted by molar-refractivity contribution is 6.30. The van der Waals surface area contributed by atoms with Crippen LogP contribution in [0.1, 0.15) is 24.2 Å². The molecule has 0 fully saturated rings. The number of hydrogen-bond donors (Lipinski definition) is 1. The smallest absolute Gasteiger partial charge is 0.132 e. The topological polar surface area (TPSA) is 29.5 Å². The van der Waals surface area contributed by atoms with E-state index in [-0.39, 0.29) is 5.56 Å². The molecule has 0 aromatic heterocycles. The lowest BCUT2D eigenvalue weighted by Gasteiger charge is -2.10. The van der Waals surface area contributed by atoms with Gasteiger partial charge in [0.2, 0.25) is 0 Å². The van der Waals surface area contributed by atoms with Crippen molar-refractivity contribution in [2.24, 2.45) is 0 Å². The minimum atomic E-state index is -0.832. The molecule has 4 heteroatoms. The summed E-state index contributed by atoms with van der Waals surface area (Å²) < 4.78 is 19.1. The summed E-state index contributed by atoms with van der Waals surface area (Å²) >= 11 is 5.86. The van der Waals surface area contributed by atoms with Gasteiger partial charge in [-0.1, -0.05) is 23.7 Å². The van der Waals surface area contributed by atoms with Crippen LogP contribution in [0.25, 0.3) is 0 Å². The van der Waals surface area contributed by atoms with Gasteiger partial charge in [0, 0.05) is 16.7 Å². The van der Waals surface area contributed by atoms with Crippen LogP contribution in [0.15, 0.2) is 42.5 Å². The van der Waals surface area contributed by atoms with Crippen molar-refractivity contribution < 1.29 is 14.2 Å². The fraction of sp³-hybridized carbons (Fsp3) is 0.200. The molecule has 0 bridgehead atoms. The molecule has 0 saturated carbocycles. The molecule has 100 valence electrons. The largest absolute Gasteiger partial charge is 0.489 e. The third-order valence-electron chi connectivity index (χ3n) is 2.72. The predicted molar refractivity (Wildman–Crippen MR) is 72.8 cm³/mol. The Kier molecular flexibility index (Phi) is 4.40. The minimum Gasteiger partial charge on any atom is -0.489 e. The van der Waals surface area contributed by atoms with Gasteiger partial charge in [-0.3, -0.25) is 0 Å². The van der Waals surface area contributed by atoms with Gasteiger partial charge in [0.1, 0.15) is 18.2 Å². The highest BCUT2D eigenvalue weighted by atomic mass is 35.5. The summed E-state index contributed by atoms with van der Waals surface area (Å²) in [5.41, 5.74) is 1.17. The fourth-order valence-corrected chi connectivity index (χ4v) is 1.94. The highest BCUT2D eigenvalue weighted by Crippen LogP contribution is 2.22. The molecule has 2 aromatic rings. The van der Waals surface area contributed by atoms with Crippen molar-refractivity contribution in [3.8, 4) is 5.75 Å². The number of rotatable bonds is 4. The number of benzene rings is 2. The maximum absolute atomic E-state index is 13.6. The summed E-state index contributed by atoms with van der Waals surface area (Å²) in [6, 6.07) is 11.7. The van der Waals surface area contributed by atoms with Gasteiger partial charge in [0.15, 0.2) is 0 Å². The molecule has 0 aliphatic carbocycles. The van der Waals surface area contributed by atoms with Crippen molar-refractivity contribution in [2.75, 3.05) is 0 Å². The van der Waals surface area contributed by atoms with Gasteiger partial charge in [-0.05, 0) is 36.8 Å². The normalized spacial score (nSPS) is 12.2. The van der Waals surface area contributed by atoms with E-state index in [2.05, 4.69) is 0 Å². The first-order valence-corrected chi connectivity index (χ1v) is 6.29. The van der Waals surface area contributed by atoms with Gasteiger partial charge in [-0.15, -0.1) is 0 Å². The fourth-order valence-electron chi connectivity index (χ4n) is 1.73. The number of halogens is 2. The molecule has 2 nitrogen and oxygen atoms in total. The minimum absolute atomic E-state index is 0.259. The van der Waals surface area contributed by atoms with Crippen molar-refractivity contribution in [1.82, 2.24) is 0 Å². The standard InChI is InChI=1S/C15H14ClFO2/c1-10(18)14-6-5-13(8-15(14)17)19-9-11-3-2-4-12(16)7-11/h2-8,10,18H,9H2,1H3/t10-/m0/s1. The molecular formula is C15H14ClFO2. The van der Waals surface area contributed by atoms with Gasteiger partial charge in [-0.2, -0.15) is 0 Å². The van der Waals surface area contributed by atoms with Crippen LogP contribution in [0.4, 0.5) is 4.39 Å². The van der Waals surface area contributed by atoms with E-state index in [1.54, 1.807) is 18.2 Å². The maximum Gasteiger partial charge on any atom is 0.132 e. The molecule has 0 heterocycles. The maximum atomic E-state index is 13.6. The Balaban J connectivity index is 2.06. The second kappa shape index (κ2) is 6.04. The Labute approximate surface area is 116 Å². The molecule has 0 saturated heterocycles. The SMILES string of the molecule is C[C@H](O)c1ccc(OCc2cccc(Cl)c2)cc1F. The molecule has 0 amide bonds. The zero-order chi connectivity index (χ0) is 13.8. The van der Waals surface area contributed by atoms with Crippen molar-refractivity contribution in [2.45, 2.75) is 19.6 Å². The highest BCUT2D eigenvalue weighted by Gasteiger charge is 2.09. The number of hydrogen-bond acceptors (Lipinski definition) is 2. The Morgan fingerprint density at radius 3 is 2.68 bits per heavy atom. The van der Waals surface area contributed by atoms with E-state index in [4.69, 9.17) is 16.3 Å². The molecule has 1 N–H and O–H groups in total. The second-order valence-electron chi connectivity index (χ2n) is 4.28. The average Bonchev–Trinajstić information content (AvgIpc) is 2.36. The van der Waals surface area contributed by atoms with Crippen molar-refractivity contribution in [3.63, 3.8) is 0 Å². The van der Waals surface area contributed by atoms with Gasteiger partial charge in [-0.25, -0.2) is 4.39 Å². The zero-order valence-electron chi connectivity index (χ0n) is 10.4. The number of aliphatic hydroxyl groups excluding tert-OH is 1. The first-order valence-electron chi connectivity index (χ1n) is 5.91. The molecule has 0 aliphatic heterocycles. The van der Waals surface area contributed by atoms with E-state index in [1.165, 1.54) is 19.1 Å². The van der Waals surface area contributed by atoms with Crippen LogP contribution in [0.2, 0.25) is 5.02 Å². The lowest BCUT2D eigenvalue weighted by atomic mass is 10.1.